The van der Waals surface area contributed by atoms with Crippen LogP contribution < -0.4 is 11.1 Å². The van der Waals surface area contributed by atoms with E-state index in [2.05, 4.69) is 12.2 Å². The van der Waals surface area contributed by atoms with Gasteiger partial charge < -0.3 is 11.1 Å². The minimum atomic E-state index is -0.285. The number of benzene rings is 1. The van der Waals surface area contributed by atoms with Crippen LogP contribution in [0.2, 0.25) is 0 Å². The average Bonchev–Trinajstić information content (AvgIpc) is 2.66. The summed E-state index contributed by atoms with van der Waals surface area (Å²) in [6, 6.07) is 8.52. The zero-order chi connectivity index (χ0) is 12.3. The monoisotopic (exact) mass is 250 g/mol. The molecule has 3 N–H and O–H groups in total. The lowest BCUT2D eigenvalue weighted by Crippen LogP contribution is -2.19. The molecule has 0 radical (unpaired) electrons. The van der Waals surface area contributed by atoms with Crippen LogP contribution >= 0.6 is 11.8 Å². The number of nitrogens with two attached hydrogens (primary N) is 1. The van der Waals surface area contributed by atoms with E-state index >= 15 is 0 Å². The summed E-state index contributed by atoms with van der Waals surface area (Å²) in [5.74, 6) is 0.885. The molecular weight excluding hydrogens is 232 g/mol. The van der Waals surface area contributed by atoms with E-state index in [1.165, 1.54) is 12.2 Å². The van der Waals surface area contributed by atoms with Crippen molar-refractivity contribution in [1.29, 1.82) is 0 Å². The molecule has 1 aliphatic heterocycles. The summed E-state index contributed by atoms with van der Waals surface area (Å²) < 4.78 is 0. The molecule has 0 bridgehead atoms. The zero-order valence-corrected chi connectivity index (χ0v) is 10.8. The number of carbonyl (C=O) groups is 1. The van der Waals surface area contributed by atoms with Gasteiger partial charge in [-0.3, -0.25) is 4.79 Å². The van der Waals surface area contributed by atoms with E-state index in [4.69, 9.17) is 5.73 Å². The molecular formula is C13H18N2OS. The molecule has 0 spiro atoms. The maximum atomic E-state index is 10.8. The number of hydrogen-bond acceptors (Lipinski definition) is 3. The quantitative estimate of drug-likeness (QED) is 0.859. The number of thioether (sulfide) groups is 1. The first kappa shape index (κ1) is 12.3. The second-order valence-electron chi connectivity index (χ2n) is 4.56. The van der Waals surface area contributed by atoms with Crippen LogP contribution in [0.4, 0.5) is 5.69 Å². The van der Waals surface area contributed by atoms with Gasteiger partial charge >= 0.3 is 0 Å². The molecule has 1 fully saturated rings. The van der Waals surface area contributed by atoms with Gasteiger partial charge in [-0.1, -0.05) is 19.1 Å². The molecule has 1 aliphatic rings. The predicted molar refractivity (Wildman–Crippen MR) is 73.3 cm³/mol. The number of nitrogens with one attached hydrogen (secondary N) is 1. The molecule has 0 saturated carbocycles. The van der Waals surface area contributed by atoms with Crippen LogP contribution in [0.1, 0.15) is 18.9 Å². The lowest BCUT2D eigenvalue weighted by molar-refractivity contribution is -0.117. The molecule has 0 aromatic heterocycles. The highest BCUT2D eigenvalue weighted by Gasteiger charge is 2.21. The lowest BCUT2D eigenvalue weighted by atomic mass is 10.1. The first-order valence-corrected chi connectivity index (χ1v) is 6.94. The molecule has 0 aliphatic carbocycles. The van der Waals surface area contributed by atoms with Crippen molar-refractivity contribution in [2.45, 2.75) is 31.1 Å². The molecule has 1 aromatic carbocycles. The highest BCUT2D eigenvalue weighted by atomic mass is 32.2. The van der Waals surface area contributed by atoms with Crippen molar-refractivity contribution in [2.75, 3.05) is 11.1 Å². The normalized spacial score (nSPS) is 23.6. The number of amides is 1. The number of anilines is 1. The standard InChI is InChI=1S/C13H18N2OS/c1-9-6-12(8-17-9)15-11-4-2-10(3-5-11)7-13(14)16/h2-5,9,12,15H,6-8H2,1H3,(H2,14,16). The summed E-state index contributed by atoms with van der Waals surface area (Å²) in [7, 11) is 0. The minimum Gasteiger partial charge on any atom is -0.381 e. The Hall–Kier alpha value is -1.16. The van der Waals surface area contributed by atoms with E-state index in [0.29, 0.717) is 12.5 Å². The Labute approximate surface area is 106 Å². The fraction of sp³-hybridized carbons (Fsp3) is 0.462. The summed E-state index contributed by atoms with van der Waals surface area (Å²) in [5.41, 5.74) is 7.25. The van der Waals surface area contributed by atoms with E-state index in [9.17, 15) is 4.79 Å². The summed E-state index contributed by atoms with van der Waals surface area (Å²) in [4.78, 5) is 10.8. The van der Waals surface area contributed by atoms with Crippen LogP contribution in [0.3, 0.4) is 0 Å². The third-order valence-electron chi connectivity index (χ3n) is 2.90. The van der Waals surface area contributed by atoms with Crippen molar-refractivity contribution in [3.8, 4) is 0 Å². The van der Waals surface area contributed by atoms with Crippen LogP contribution in [0.25, 0.3) is 0 Å². The van der Waals surface area contributed by atoms with Gasteiger partial charge in [0.2, 0.25) is 5.91 Å². The van der Waals surface area contributed by atoms with Gasteiger partial charge in [0.25, 0.3) is 0 Å². The van der Waals surface area contributed by atoms with Crippen LogP contribution in [-0.2, 0) is 11.2 Å². The topological polar surface area (TPSA) is 55.1 Å². The van der Waals surface area contributed by atoms with Gasteiger partial charge in [-0.2, -0.15) is 11.8 Å². The van der Waals surface area contributed by atoms with Crippen molar-refractivity contribution in [3.63, 3.8) is 0 Å². The van der Waals surface area contributed by atoms with Crippen LogP contribution in [0.15, 0.2) is 24.3 Å². The third kappa shape index (κ3) is 3.66. The summed E-state index contributed by atoms with van der Waals surface area (Å²) >= 11 is 2.01. The second kappa shape index (κ2) is 5.45. The maximum absolute atomic E-state index is 10.8. The predicted octanol–water partition coefficient (Wildman–Crippen LogP) is 2.02. The van der Waals surface area contributed by atoms with Crippen molar-refractivity contribution in [3.05, 3.63) is 29.8 Å². The Morgan fingerprint density at radius 1 is 1.47 bits per heavy atom. The Morgan fingerprint density at radius 2 is 2.18 bits per heavy atom. The van der Waals surface area contributed by atoms with Crippen LogP contribution in [-0.4, -0.2) is 23.0 Å². The Kier molecular flexibility index (Phi) is 3.94. The molecule has 17 heavy (non-hydrogen) atoms. The molecule has 2 unspecified atom stereocenters. The summed E-state index contributed by atoms with van der Waals surface area (Å²) in [5, 5.41) is 4.27. The van der Waals surface area contributed by atoms with Gasteiger partial charge in [-0.05, 0) is 24.1 Å². The van der Waals surface area contributed by atoms with E-state index in [1.54, 1.807) is 0 Å². The van der Waals surface area contributed by atoms with Crippen molar-refractivity contribution >= 4 is 23.4 Å². The van der Waals surface area contributed by atoms with Gasteiger partial charge in [0, 0.05) is 22.7 Å². The first-order valence-electron chi connectivity index (χ1n) is 5.89. The van der Waals surface area contributed by atoms with Gasteiger partial charge in [0.15, 0.2) is 0 Å². The van der Waals surface area contributed by atoms with Gasteiger partial charge in [0.1, 0.15) is 0 Å². The molecule has 1 aromatic rings. The fourth-order valence-electron chi connectivity index (χ4n) is 2.07. The smallest absolute Gasteiger partial charge is 0.221 e. The van der Waals surface area contributed by atoms with Crippen molar-refractivity contribution in [1.82, 2.24) is 0 Å². The number of rotatable bonds is 4. The van der Waals surface area contributed by atoms with E-state index in [-0.39, 0.29) is 5.91 Å². The Morgan fingerprint density at radius 3 is 2.71 bits per heavy atom. The molecule has 92 valence electrons. The molecule has 1 heterocycles. The maximum Gasteiger partial charge on any atom is 0.221 e. The van der Waals surface area contributed by atoms with Gasteiger partial charge in [-0.15, -0.1) is 0 Å². The molecule has 1 amide bonds. The fourth-order valence-corrected chi connectivity index (χ4v) is 3.22. The molecule has 2 atom stereocenters. The number of hydrogen-bond donors (Lipinski definition) is 2. The van der Waals surface area contributed by atoms with Gasteiger partial charge in [-0.25, -0.2) is 0 Å². The van der Waals surface area contributed by atoms with Crippen molar-refractivity contribution in [2.24, 2.45) is 5.73 Å². The molecule has 1 saturated heterocycles. The largest absolute Gasteiger partial charge is 0.381 e. The molecule has 4 heteroatoms. The summed E-state index contributed by atoms with van der Waals surface area (Å²) in [6.07, 6.45) is 1.53. The number of carbonyl (C=O) groups excluding carboxylic acids is 1. The average molecular weight is 250 g/mol. The Bertz CT molecular complexity index is 391. The SMILES string of the molecule is CC1CC(Nc2ccc(CC(N)=O)cc2)CS1. The van der Waals surface area contributed by atoms with Crippen LogP contribution in [0.5, 0.6) is 0 Å². The van der Waals surface area contributed by atoms with Crippen LogP contribution in [0, 0.1) is 0 Å². The highest BCUT2D eigenvalue weighted by molar-refractivity contribution is 8.00. The second-order valence-corrected chi connectivity index (χ2v) is 6.03. The third-order valence-corrected chi connectivity index (χ3v) is 4.26. The first-order chi connectivity index (χ1) is 8.13. The summed E-state index contributed by atoms with van der Waals surface area (Å²) in [6.45, 7) is 2.27. The zero-order valence-electron chi connectivity index (χ0n) is 9.98. The highest BCUT2D eigenvalue weighted by Crippen LogP contribution is 2.28. The lowest BCUT2D eigenvalue weighted by Gasteiger charge is -2.13. The van der Waals surface area contributed by atoms with E-state index in [1.807, 2.05) is 36.0 Å². The van der Waals surface area contributed by atoms with E-state index in [0.717, 1.165) is 16.5 Å². The van der Waals surface area contributed by atoms with Crippen molar-refractivity contribution < 1.29 is 4.79 Å². The van der Waals surface area contributed by atoms with Gasteiger partial charge in [0.05, 0.1) is 6.42 Å². The number of primary amides is 1. The minimum absolute atomic E-state index is 0.285. The molecule has 3 nitrogen and oxygen atoms in total. The molecule has 2 rings (SSSR count). The Balaban J connectivity index is 1.91. The van der Waals surface area contributed by atoms with E-state index < -0.39 is 0 Å².